The fourth-order valence-corrected chi connectivity index (χ4v) is 2.28. The first-order chi connectivity index (χ1) is 8.37. The fraction of sp³-hybridized carbons (Fsp3) is 0.100. The Hall–Kier alpha value is -0.850. The SMILES string of the molecule is FC(F)(F)Sc1ccc(Cl)c(-n2nccc2Cl)c1. The van der Waals surface area contributed by atoms with E-state index >= 15 is 0 Å². The molecule has 0 saturated carbocycles. The first kappa shape index (κ1) is 13.6. The highest BCUT2D eigenvalue weighted by molar-refractivity contribution is 8.00. The van der Waals surface area contributed by atoms with Gasteiger partial charge in [-0.25, -0.2) is 4.68 Å². The van der Waals surface area contributed by atoms with E-state index in [0.717, 1.165) is 0 Å². The Morgan fingerprint density at radius 3 is 2.44 bits per heavy atom. The maximum absolute atomic E-state index is 12.3. The van der Waals surface area contributed by atoms with Crippen LogP contribution in [0.3, 0.4) is 0 Å². The van der Waals surface area contributed by atoms with E-state index < -0.39 is 5.51 Å². The first-order valence-corrected chi connectivity index (χ1v) is 6.19. The summed E-state index contributed by atoms with van der Waals surface area (Å²) in [5.41, 5.74) is -4.04. The van der Waals surface area contributed by atoms with Gasteiger partial charge in [-0.1, -0.05) is 23.2 Å². The molecule has 0 spiro atoms. The molecule has 0 radical (unpaired) electrons. The minimum Gasteiger partial charge on any atom is -0.221 e. The number of hydrogen-bond acceptors (Lipinski definition) is 2. The second kappa shape index (κ2) is 5.03. The summed E-state index contributed by atoms with van der Waals surface area (Å²) in [5, 5.41) is 4.43. The van der Waals surface area contributed by atoms with Crippen LogP contribution in [0.1, 0.15) is 0 Å². The Balaban J connectivity index is 2.42. The molecule has 0 aliphatic heterocycles. The Morgan fingerprint density at radius 2 is 1.89 bits per heavy atom. The van der Waals surface area contributed by atoms with Crippen LogP contribution in [0.4, 0.5) is 13.2 Å². The third-order valence-corrected chi connectivity index (χ3v) is 3.30. The lowest BCUT2D eigenvalue weighted by atomic mass is 10.3. The van der Waals surface area contributed by atoms with Gasteiger partial charge in [-0.2, -0.15) is 18.3 Å². The lowest BCUT2D eigenvalue weighted by Crippen LogP contribution is -2.01. The number of thioether (sulfide) groups is 1. The molecular weight excluding hydrogens is 308 g/mol. The van der Waals surface area contributed by atoms with Crippen LogP contribution in [0.5, 0.6) is 0 Å². The predicted octanol–water partition coefficient (Wildman–Crippen LogP) is 4.79. The number of hydrogen-bond donors (Lipinski definition) is 0. The van der Waals surface area contributed by atoms with Gasteiger partial charge in [0.05, 0.1) is 16.9 Å². The number of nitrogens with zero attached hydrogens (tertiary/aromatic N) is 2. The van der Waals surface area contributed by atoms with Crippen LogP contribution in [-0.2, 0) is 0 Å². The molecule has 18 heavy (non-hydrogen) atoms. The van der Waals surface area contributed by atoms with Crippen molar-refractivity contribution in [3.8, 4) is 5.69 Å². The fourth-order valence-electron chi connectivity index (χ4n) is 1.32. The highest BCUT2D eigenvalue weighted by atomic mass is 35.5. The maximum atomic E-state index is 12.3. The summed E-state index contributed by atoms with van der Waals surface area (Å²) in [7, 11) is 0. The lowest BCUT2D eigenvalue weighted by Gasteiger charge is -2.10. The van der Waals surface area contributed by atoms with Crippen molar-refractivity contribution < 1.29 is 13.2 Å². The number of halogens is 5. The standard InChI is InChI=1S/C10H5Cl2F3N2S/c11-7-2-1-6(18-10(13,14)15)5-8(7)17-9(12)3-4-16-17/h1-5H. The summed E-state index contributed by atoms with van der Waals surface area (Å²) in [5.74, 6) is 0. The van der Waals surface area contributed by atoms with Gasteiger partial charge in [-0.05, 0) is 36.0 Å². The van der Waals surface area contributed by atoms with Crippen molar-refractivity contribution >= 4 is 35.0 Å². The van der Waals surface area contributed by atoms with Gasteiger partial charge in [0.25, 0.3) is 0 Å². The third kappa shape index (κ3) is 3.13. The molecule has 0 saturated heterocycles. The molecule has 2 nitrogen and oxygen atoms in total. The molecule has 96 valence electrons. The Bertz CT molecular complexity index is 568. The number of aromatic nitrogens is 2. The monoisotopic (exact) mass is 312 g/mol. The quantitative estimate of drug-likeness (QED) is 0.742. The van der Waals surface area contributed by atoms with Crippen LogP contribution in [0, 0.1) is 0 Å². The average Bonchev–Trinajstić information content (AvgIpc) is 2.65. The van der Waals surface area contributed by atoms with E-state index in [-0.39, 0.29) is 26.8 Å². The van der Waals surface area contributed by atoms with Crippen molar-refractivity contribution in [3.05, 3.63) is 40.6 Å². The van der Waals surface area contributed by atoms with Gasteiger partial charge in [-0.15, -0.1) is 0 Å². The molecule has 8 heteroatoms. The lowest BCUT2D eigenvalue weighted by molar-refractivity contribution is -0.0328. The Morgan fingerprint density at radius 1 is 1.17 bits per heavy atom. The van der Waals surface area contributed by atoms with Crippen molar-refractivity contribution in [2.75, 3.05) is 0 Å². The summed E-state index contributed by atoms with van der Waals surface area (Å²) < 4.78 is 38.1. The summed E-state index contributed by atoms with van der Waals surface area (Å²) in [6.07, 6.45) is 1.43. The zero-order valence-electron chi connectivity index (χ0n) is 8.58. The van der Waals surface area contributed by atoms with Crippen LogP contribution in [-0.4, -0.2) is 15.3 Å². The largest absolute Gasteiger partial charge is 0.446 e. The van der Waals surface area contributed by atoms with Crippen molar-refractivity contribution in [3.63, 3.8) is 0 Å². The molecule has 0 N–H and O–H groups in total. The molecule has 0 amide bonds. The van der Waals surface area contributed by atoms with E-state index in [4.69, 9.17) is 23.2 Å². The van der Waals surface area contributed by atoms with Crippen molar-refractivity contribution in [2.24, 2.45) is 0 Å². The Labute approximate surface area is 115 Å². The van der Waals surface area contributed by atoms with E-state index in [1.165, 1.54) is 35.1 Å². The van der Waals surface area contributed by atoms with Crippen LogP contribution in [0.25, 0.3) is 5.69 Å². The third-order valence-electron chi connectivity index (χ3n) is 1.98. The molecule has 2 rings (SSSR count). The van der Waals surface area contributed by atoms with Crippen LogP contribution < -0.4 is 0 Å². The van der Waals surface area contributed by atoms with Gasteiger partial charge in [0.1, 0.15) is 5.15 Å². The second-order valence-corrected chi connectivity index (χ2v) is 5.16. The van der Waals surface area contributed by atoms with Crippen molar-refractivity contribution in [1.82, 2.24) is 9.78 Å². The second-order valence-electron chi connectivity index (χ2n) is 3.23. The van der Waals surface area contributed by atoms with Crippen LogP contribution >= 0.6 is 35.0 Å². The average molecular weight is 313 g/mol. The molecule has 2 aromatic rings. The highest BCUT2D eigenvalue weighted by Gasteiger charge is 2.29. The predicted molar refractivity (Wildman–Crippen MR) is 65.5 cm³/mol. The molecule has 0 fully saturated rings. The minimum atomic E-state index is -4.35. The van der Waals surface area contributed by atoms with Gasteiger partial charge in [0.2, 0.25) is 0 Å². The molecule has 0 atom stereocenters. The van der Waals surface area contributed by atoms with Crippen molar-refractivity contribution in [2.45, 2.75) is 10.4 Å². The molecule has 1 heterocycles. The normalized spacial score (nSPS) is 11.8. The van der Waals surface area contributed by atoms with Crippen LogP contribution in [0.15, 0.2) is 35.4 Å². The summed E-state index contributed by atoms with van der Waals surface area (Å²) in [4.78, 5) is 0.0217. The van der Waals surface area contributed by atoms with E-state index in [1.807, 2.05) is 0 Å². The summed E-state index contributed by atoms with van der Waals surface area (Å²) in [6, 6.07) is 5.48. The molecule has 0 aliphatic rings. The zero-order valence-corrected chi connectivity index (χ0v) is 10.9. The molecule has 0 aliphatic carbocycles. The van der Waals surface area contributed by atoms with Crippen molar-refractivity contribution in [1.29, 1.82) is 0 Å². The van der Waals surface area contributed by atoms with Gasteiger partial charge in [-0.3, -0.25) is 0 Å². The number of alkyl halides is 3. The smallest absolute Gasteiger partial charge is 0.221 e. The first-order valence-electron chi connectivity index (χ1n) is 4.62. The molecule has 0 unspecified atom stereocenters. The summed E-state index contributed by atoms with van der Waals surface area (Å²) >= 11 is 11.5. The van der Waals surface area contributed by atoms with E-state index in [1.54, 1.807) is 0 Å². The van der Waals surface area contributed by atoms with Gasteiger partial charge in [0.15, 0.2) is 0 Å². The zero-order chi connectivity index (χ0) is 13.3. The van der Waals surface area contributed by atoms with E-state index in [0.29, 0.717) is 5.69 Å². The highest BCUT2D eigenvalue weighted by Crippen LogP contribution is 2.38. The number of rotatable bonds is 2. The minimum absolute atomic E-state index is 0.0217. The molecule has 1 aromatic carbocycles. The molecule has 1 aromatic heterocycles. The van der Waals surface area contributed by atoms with Gasteiger partial charge >= 0.3 is 5.51 Å². The maximum Gasteiger partial charge on any atom is 0.446 e. The molecular formula is C10H5Cl2F3N2S. The van der Waals surface area contributed by atoms with Gasteiger partial charge < -0.3 is 0 Å². The van der Waals surface area contributed by atoms with E-state index in [2.05, 4.69) is 5.10 Å². The Kier molecular flexibility index (Phi) is 3.79. The topological polar surface area (TPSA) is 17.8 Å². The van der Waals surface area contributed by atoms with Crippen LogP contribution in [0.2, 0.25) is 10.2 Å². The molecule has 0 bridgehead atoms. The summed E-state index contributed by atoms with van der Waals surface area (Å²) in [6.45, 7) is 0. The van der Waals surface area contributed by atoms with Gasteiger partial charge in [0, 0.05) is 4.90 Å². The number of benzene rings is 1. The van der Waals surface area contributed by atoms with E-state index in [9.17, 15) is 13.2 Å².